The van der Waals surface area contributed by atoms with E-state index >= 15 is 0 Å². The van der Waals surface area contributed by atoms with Crippen molar-refractivity contribution in [3.63, 3.8) is 0 Å². The molecule has 22 heavy (non-hydrogen) atoms. The van der Waals surface area contributed by atoms with Crippen molar-refractivity contribution in [2.45, 2.75) is 26.4 Å². The Labute approximate surface area is 136 Å². The second kappa shape index (κ2) is 7.90. The van der Waals surface area contributed by atoms with E-state index < -0.39 is 0 Å². The fourth-order valence-electron chi connectivity index (χ4n) is 2.58. The van der Waals surface area contributed by atoms with E-state index in [-0.39, 0.29) is 17.8 Å². The maximum Gasteiger partial charge on any atom is 0.234 e. The van der Waals surface area contributed by atoms with Crippen molar-refractivity contribution < 1.29 is 9.18 Å². The lowest BCUT2D eigenvalue weighted by Crippen LogP contribution is -2.49. The monoisotopic (exact) mass is 327 g/mol. The molecule has 2 rings (SSSR count). The topological polar surface area (TPSA) is 35.6 Å². The number of carbonyl (C=O) groups excluding carboxylic acids is 1. The number of amides is 1. The van der Waals surface area contributed by atoms with Crippen LogP contribution in [0.15, 0.2) is 18.2 Å². The summed E-state index contributed by atoms with van der Waals surface area (Å²) in [6, 6.07) is 4.93. The second-order valence-corrected chi connectivity index (χ2v) is 6.38. The summed E-state index contributed by atoms with van der Waals surface area (Å²) >= 11 is 6.06. The summed E-state index contributed by atoms with van der Waals surface area (Å²) in [6.07, 6.45) is 0. The molecule has 0 bridgehead atoms. The van der Waals surface area contributed by atoms with Gasteiger partial charge in [0.05, 0.1) is 6.54 Å². The van der Waals surface area contributed by atoms with Gasteiger partial charge in [-0.05, 0) is 26.0 Å². The Morgan fingerprint density at radius 3 is 2.50 bits per heavy atom. The van der Waals surface area contributed by atoms with E-state index in [0.717, 1.165) is 26.2 Å². The summed E-state index contributed by atoms with van der Waals surface area (Å²) in [6.45, 7) is 8.06. The van der Waals surface area contributed by atoms with Gasteiger partial charge in [0.15, 0.2) is 0 Å². The molecule has 1 saturated heterocycles. The molecule has 1 fully saturated rings. The highest BCUT2D eigenvalue weighted by Gasteiger charge is 2.20. The average Bonchev–Trinajstić information content (AvgIpc) is 2.44. The van der Waals surface area contributed by atoms with Crippen LogP contribution in [0.3, 0.4) is 0 Å². The lowest BCUT2D eigenvalue weighted by molar-refractivity contribution is -0.123. The van der Waals surface area contributed by atoms with Gasteiger partial charge in [0.1, 0.15) is 5.82 Å². The number of hydrogen-bond acceptors (Lipinski definition) is 3. The van der Waals surface area contributed by atoms with Crippen molar-refractivity contribution in [1.29, 1.82) is 0 Å². The molecular weight excluding hydrogens is 305 g/mol. The molecule has 1 amide bonds. The van der Waals surface area contributed by atoms with Crippen LogP contribution in [0.4, 0.5) is 4.39 Å². The third-order valence-electron chi connectivity index (χ3n) is 3.73. The molecule has 1 aliphatic rings. The Kier molecular flexibility index (Phi) is 6.17. The number of piperazine rings is 1. The van der Waals surface area contributed by atoms with Crippen molar-refractivity contribution in [2.75, 3.05) is 32.7 Å². The van der Waals surface area contributed by atoms with Crippen LogP contribution in [0.1, 0.15) is 19.4 Å². The van der Waals surface area contributed by atoms with E-state index in [1.807, 2.05) is 13.8 Å². The van der Waals surface area contributed by atoms with Crippen molar-refractivity contribution >= 4 is 17.5 Å². The number of carbonyl (C=O) groups is 1. The van der Waals surface area contributed by atoms with Crippen LogP contribution in [0.2, 0.25) is 5.02 Å². The predicted molar refractivity (Wildman–Crippen MR) is 86.4 cm³/mol. The maximum absolute atomic E-state index is 13.8. The largest absolute Gasteiger partial charge is 0.353 e. The molecule has 0 aliphatic carbocycles. The van der Waals surface area contributed by atoms with Gasteiger partial charge >= 0.3 is 0 Å². The Morgan fingerprint density at radius 2 is 1.91 bits per heavy atom. The quantitative estimate of drug-likeness (QED) is 0.900. The van der Waals surface area contributed by atoms with Gasteiger partial charge in [-0.1, -0.05) is 17.7 Å². The normalized spacial score (nSPS) is 17.0. The van der Waals surface area contributed by atoms with Gasteiger partial charge in [-0.25, -0.2) is 4.39 Å². The van der Waals surface area contributed by atoms with Crippen LogP contribution in [0, 0.1) is 5.82 Å². The van der Waals surface area contributed by atoms with Crippen molar-refractivity contribution in [1.82, 2.24) is 15.1 Å². The summed E-state index contributed by atoms with van der Waals surface area (Å²) in [5.41, 5.74) is 0.551. The number of rotatable bonds is 5. The van der Waals surface area contributed by atoms with Crippen LogP contribution in [0.25, 0.3) is 0 Å². The summed E-state index contributed by atoms with van der Waals surface area (Å²) in [4.78, 5) is 16.0. The minimum Gasteiger partial charge on any atom is -0.353 e. The van der Waals surface area contributed by atoms with Gasteiger partial charge in [-0.15, -0.1) is 0 Å². The van der Waals surface area contributed by atoms with Crippen molar-refractivity contribution in [3.8, 4) is 0 Å². The molecule has 1 heterocycles. The van der Waals surface area contributed by atoms with Gasteiger partial charge in [0.2, 0.25) is 5.91 Å². The van der Waals surface area contributed by atoms with Gasteiger partial charge in [0.25, 0.3) is 0 Å². The van der Waals surface area contributed by atoms with Gasteiger partial charge in [-0.2, -0.15) is 0 Å². The SMILES string of the molecule is CC(C)NC(=O)CN1CCN(Cc2c(F)cccc2Cl)CC1. The molecule has 1 N–H and O–H groups in total. The van der Waals surface area contributed by atoms with Crippen molar-refractivity contribution in [2.24, 2.45) is 0 Å². The van der Waals surface area contributed by atoms with E-state index in [4.69, 9.17) is 11.6 Å². The number of benzene rings is 1. The minimum absolute atomic E-state index is 0.0561. The highest BCUT2D eigenvalue weighted by Crippen LogP contribution is 2.21. The van der Waals surface area contributed by atoms with Gasteiger partial charge < -0.3 is 5.32 Å². The molecule has 1 aliphatic heterocycles. The summed E-state index contributed by atoms with van der Waals surface area (Å²) in [5.74, 6) is -0.202. The fourth-order valence-corrected chi connectivity index (χ4v) is 2.81. The summed E-state index contributed by atoms with van der Waals surface area (Å²) < 4.78 is 13.8. The van der Waals surface area contributed by atoms with Crippen LogP contribution >= 0.6 is 11.6 Å². The van der Waals surface area contributed by atoms with Crippen LogP contribution in [0.5, 0.6) is 0 Å². The lowest BCUT2D eigenvalue weighted by Gasteiger charge is -2.34. The highest BCUT2D eigenvalue weighted by atomic mass is 35.5. The Bertz CT molecular complexity index is 496. The molecule has 0 aromatic heterocycles. The Balaban J connectivity index is 1.81. The molecule has 0 unspecified atom stereocenters. The summed E-state index contributed by atoms with van der Waals surface area (Å²) in [7, 11) is 0. The zero-order valence-electron chi connectivity index (χ0n) is 13.1. The average molecular weight is 328 g/mol. The third-order valence-corrected chi connectivity index (χ3v) is 4.08. The van der Waals surface area contributed by atoms with E-state index in [2.05, 4.69) is 15.1 Å². The number of nitrogens with one attached hydrogen (secondary N) is 1. The van der Waals surface area contributed by atoms with E-state index in [1.54, 1.807) is 12.1 Å². The number of hydrogen-bond donors (Lipinski definition) is 1. The molecule has 0 saturated carbocycles. The molecule has 122 valence electrons. The standard InChI is InChI=1S/C16H23ClFN3O/c1-12(2)19-16(22)11-21-8-6-20(7-9-21)10-13-14(17)4-3-5-15(13)18/h3-5,12H,6-11H2,1-2H3,(H,19,22). The maximum atomic E-state index is 13.8. The van der Waals surface area contributed by atoms with E-state index in [0.29, 0.717) is 23.7 Å². The Hall–Kier alpha value is -1.17. The van der Waals surface area contributed by atoms with E-state index in [9.17, 15) is 9.18 Å². The second-order valence-electron chi connectivity index (χ2n) is 5.97. The summed E-state index contributed by atoms with van der Waals surface area (Å²) in [5, 5.41) is 3.37. The van der Waals surface area contributed by atoms with E-state index in [1.165, 1.54) is 6.07 Å². The van der Waals surface area contributed by atoms with Crippen LogP contribution < -0.4 is 5.32 Å². The highest BCUT2D eigenvalue weighted by molar-refractivity contribution is 6.31. The number of nitrogens with zero attached hydrogens (tertiary/aromatic N) is 2. The Morgan fingerprint density at radius 1 is 1.27 bits per heavy atom. The first-order chi connectivity index (χ1) is 10.5. The first-order valence-electron chi connectivity index (χ1n) is 7.62. The molecule has 6 heteroatoms. The van der Waals surface area contributed by atoms with Crippen LogP contribution in [-0.4, -0.2) is 54.5 Å². The third kappa shape index (κ3) is 4.93. The first-order valence-corrected chi connectivity index (χ1v) is 8.00. The molecule has 1 aromatic rings. The zero-order chi connectivity index (χ0) is 16.1. The van der Waals surface area contributed by atoms with Gasteiger partial charge in [0, 0.05) is 49.4 Å². The molecule has 1 aromatic carbocycles. The number of halogens is 2. The molecule has 4 nitrogen and oxygen atoms in total. The fraction of sp³-hybridized carbons (Fsp3) is 0.562. The zero-order valence-corrected chi connectivity index (χ0v) is 13.9. The molecule has 0 spiro atoms. The smallest absolute Gasteiger partial charge is 0.234 e. The molecule has 0 atom stereocenters. The predicted octanol–water partition coefficient (Wildman–Crippen LogP) is 2.12. The van der Waals surface area contributed by atoms with Crippen molar-refractivity contribution in [3.05, 3.63) is 34.6 Å². The van der Waals surface area contributed by atoms with Crippen LogP contribution in [-0.2, 0) is 11.3 Å². The lowest BCUT2D eigenvalue weighted by atomic mass is 10.2. The first kappa shape index (κ1) is 17.2. The minimum atomic E-state index is -0.258. The molecule has 0 radical (unpaired) electrons. The molecular formula is C16H23ClFN3O. The van der Waals surface area contributed by atoms with Gasteiger partial charge in [-0.3, -0.25) is 14.6 Å².